The summed E-state index contributed by atoms with van der Waals surface area (Å²) >= 11 is 0. The van der Waals surface area contributed by atoms with Gasteiger partial charge in [0.2, 0.25) is 5.91 Å². The predicted octanol–water partition coefficient (Wildman–Crippen LogP) is 2.52. The van der Waals surface area contributed by atoms with E-state index in [1.807, 2.05) is 26.8 Å². The lowest BCUT2D eigenvalue weighted by molar-refractivity contribution is -0.149. The van der Waals surface area contributed by atoms with Gasteiger partial charge in [0, 0.05) is 0 Å². The average molecular weight is 321 g/mol. The van der Waals surface area contributed by atoms with Crippen LogP contribution in [0.15, 0.2) is 18.2 Å². The highest BCUT2D eigenvalue weighted by atomic mass is 16.5. The zero-order chi connectivity index (χ0) is 17.2. The molecule has 126 valence electrons. The third kappa shape index (κ3) is 3.57. The number of ether oxygens (including phenoxy) is 2. The molecule has 2 rings (SSSR count). The standard InChI is InChI=1S/C17H23NO5/c1-10(2)23-13-6-5-12(9-14(13)22-4)11(3)18-15(19)17(7-8-17)16(20)21/h5-6,9-11H,7-8H2,1-4H3,(H,18,19)(H,20,21). The Bertz CT molecular complexity index is 607. The number of nitrogens with one attached hydrogen (secondary N) is 1. The molecule has 1 unspecified atom stereocenters. The van der Waals surface area contributed by atoms with Crippen LogP contribution < -0.4 is 14.8 Å². The maximum absolute atomic E-state index is 12.2. The van der Waals surface area contributed by atoms with E-state index in [0.717, 1.165) is 5.56 Å². The van der Waals surface area contributed by atoms with E-state index in [9.17, 15) is 9.59 Å². The largest absolute Gasteiger partial charge is 0.493 e. The Morgan fingerprint density at radius 2 is 1.87 bits per heavy atom. The van der Waals surface area contributed by atoms with Gasteiger partial charge in [-0.15, -0.1) is 0 Å². The van der Waals surface area contributed by atoms with Gasteiger partial charge in [0.15, 0.2) is 11.5 Å². The fourth-order valence-corrected chi connectivity index (χ4v) is 2.39. The molecule has 1 atom stereocenters. The molecule has 6 nitrogen and oxygen atoms in total. The first-order valence-electron chi connectivity index (χ1n) is 7.69. The highest BCUT2D eigenvalue weighted by molar-refractivity contribution is 6.04. The summed E-state index contributed by atoms with van der Waals surface area (Å²) in [5.74, 6) is -0.273. The number of carbonyl (C=O) groups excluding carboxylic acids is 1. The van der Waals surface area contributed by atoms with E-state index in [2.05, 4.69) is 5.32 Å². The Morgan fingerprint density at radius 1 is 1.22 bits per heavy atom. The Hall–Kier alpha value is -2.24. The SMILES string of the molecule is COc1cc(C(C)NC(=O)C2(C(=O)O)CC2)ccc1OC(C)C. The topological polar surface area (TPSA) is 84.9 Å². The molecular formula is C17H23NO5. The molecule has 2 N–H and O–H groups in total. The van der Waals surface area contributed by atoms with Gasteiger partial charge >= 0.3 is 5.97 Å². The van der Waals surface area contributed by atoms with Crippen LogP contribution in [0.5, 0.6) is 11.5 Å². The Labute approximate surface area is 135 Å². The summed E-state index contributed by atoms with van der Waals surface area (Å²) in [7, 11) is 1.55. The maximum atomic E-state index is 12.2. The maximum Gasteiger partial charge on any atom is 0.319 e. The third-order valence-electron chi connectivity index (χ3n) is 3.99. The van der Waals surface area contributed by atoms with Crippen molar-refractivity contribution in [1.29, 1.82) is 0 Å². The van der Waals surface area contributed by atoms with E-state index in [4.69, 9.17) is 14.6 Å². The van der Waals surface area contributed by atoms with Crippen molar-refractivity contribution < 1.29 is 24.2 Å². The van der Waals surface area contributed by atoms with Crippen molar-refractivity contribution in [1.82, 2.24) is 5.32 Å². The molecule has 1 amide bonds. The summed E-state index contributed by atoms with van der Waals surface area (Å²) in [6.07, 6.45) is 0.814. The molecule has 0 heterocycles. The molecule has 1 aromatic carbocycles. The van der Waals surface area contributed by atoms with Gasteiger partial charge in [-0.2, -0.15) is 0 Å². The highest BCUT2D eigenvalue weighted by Gasteiger charge is 2.57. The predicted molar refractivity (Wildman–Crippen MR) is 84.6 cm³/mol. The highest BCUT2D eigenvalue weighted by Crippen LogP contribution is 2.46. The van der Waals surface area contributed by atoms with E-state index < -0.39 is 17.3 Å². The van der Waals surface area contributed by atoms with Crippen LogP contribution in [-0.2, 0) is 9.59 Å². The van der Waals surface area contributed by atoms with Crippen LogP contribution in [0.4, 0.5) is 0 Å². The molecule has 6 heteroatoms. The van der Waals surface area contributed by atoms with Gasteiger partial charge in [-0.1, -0.05) is 6.07 Å². The minimum Gasteiger partial charge on any atom is -0.493 e. The second-order valence-electron chi connectivity index (χ2n) is 6.16. The van der Waals surface area contributed by atoms with Crippen molar-refractivity contribution in [2.24, 2.45) is 5.41 Å². The molecule has 23 heavy (non-hydrogen) atoms. The number of carbonyl (C=O) groups is 2. The molecule has 1 aliphatic carbocycles. The second-order valence-corrected chi connectivity index (χ2v) is 6.16. The molecule has 0 radical (unpaired) electrons. The number of hydrogen-bond donors (Lipinski definition) is 2. The lowest BCUT2D eigenvalue weighted by Crippen LogP contribution is -2.38. The van der Waals surface area contributed by atoms with Crippen LogP contribution >= 0.6 is 0 Å². The summed E-state index contributed by atoms with van der Waals surface area (Å²) in [6.45, 7) is 5.67. The third-order valence-corrected chi connectivity index (χ3v) is 3.99. The number of carboxylic acid groups (broad SMARTS) is 1. The molecule has 1 saturated carbocycles. The number of hydrogen-bond acceptors (Lipinski definition) is 4. The summed E-state index contributed by atoms with van der Waals surface area (Å²) in [5.41, 5.74) is -0.411. The average Bonchev–Trinajstić information content (AvgIpc) is 3.28. The Morgan fingerprint density at radius 3 is 2.35 bits per heavy atom. The van der Waals surface area contributed by atoms with Gasteiger partial charge in [0.25, 0.3) is 0 Å². The lowest BCUT2D eigenvalue weighted by Gasteiger charge is -2.19. The first-order valence-corrected chi connectivity index (χ1v) is 7.69. The quantitative estimate of drug-likeness (QED) is 0.754. The van der Waals surface area contributed by atoms with Crippen molar-refractivity contribution >= 4 is 11.9 Å². The molecule has 1 aromatic rings. The molecular weight excluding hydrogens is 298 g/mol. The number of rotatable bonds is 7. The number of carboxylic acids is 1. The molecule has 1 fully saturated rings. The van der Waals surface area contributed by atoms with E-state index >= 15 is 0 Å². The molecule has 0 saturated heterocycles. The van der Waals surface area contributed by atoms with Gasteiger partial charge < -0.3 is 19.9 Å². The van der Waals surface area contributed by atoms with Gasteiger partial charge in [-0.25, -0.2) is 0 Å². The second kappa shape index (κ2) is 6.48. The number of methoxy groups -OCH3 is 1. The summed E-state index contributed by atoms with van der Waals surface area (Å²) in [4.78, 5) is 23.4. The first kappa shape index (κ1) is 17.1. The monoisotopic (exact) mass is 321 g/mol. The zero-order valence-corrected chi connectivity index (χ0v) is 13.9. The smallest absolute Gasteiger partial charge is 0.319 e. The van der Waals surface area contributed by atoms with Gasteiger partial charge in [0.1, 0.15) is 5.41 Å². The van der Waals surface area contributed by atoms with Gasteiger partial charge in [-0.05, 0) is 51.3 Å². The molecule has 1 aliphatic rings. The van der Waals surface area contributed by atoms with Crippen molar-refractivity contribution in [3.63, 3.8) is 0 Å². The van der Waals surface area contributed by atoms with Gasteiger partial charge in [-0.3, -0.25) is 9.59 Å². The molecule has 0 spiro atoms. The van der Waals surface area contributed by atoms with Crippen molar-refractivity contribution in [2.75, 3.05) is 7.11 Å². The molecule has 0 bridgehead atoms. The van der Waals surface area contributed by atoms with Crippen molar-refractivity contribution in [3.8, 4) is 11.5 Å². The fraction of sp³-hybridized carbons (Fsp3) is 0.529. The Balaban J connectivity index is 2.12. The summed E-state index contributed by atoms with van der Waals surface area (Å²) < 4.78 is 11.0. The Kier molecular flexibility index (Phi) is 4.82. The fourth-order valence-electron chi connectivity index (χ4n) is 2.39. The summed E-state index contributed by atoms with van der Waals surface area (Å²) in [6, 6.07) is 5.11. The zero-order valence-electron chi connectivity index (χ0n) is 13.9. The number of amides is 1. The van der Waals surface area contributed by atoms with Gasteiger partial charge in [0.05, 0.1) is 19.3 Å². The molecule has 0 aliphatic heterocycles. The summed E-state index contributed by atoms with van der Waals surface area (Å²) in [5, 5.41) is 11.9. The number of aliphatic carboxylic acids is 1. The van der Waals surface area contributed by atoms with Crippen LogP contribution in [0.1, 0.15) is 45.2 Å². The van der Waals surface area contributed by atoms with E-state index in [-0.39, 0.29) is 12.1 Å². The minimum atomic E-state index is -1.24. The van der Waals surface area contributed by atoms with E-state index in [1.54, 1.807) is 19.2 Å². The first-order chi connectivity index (χ1) is 10.8. The van der Waals surface area contributed by atoms with Crippen LogP contribution in [0.3, 0.4) is 0 Å². The van der Waals surface area contributed by atoms with E-state index in [1.165, 1.54) is 0 Å². The van der Waals surface area contributed by atoms with Crippen molar-refractivity contribution in [2.45, 2.75) is 45.8 Å². The van der Waals surface area contributed by atoms with Crippen LogP contribution in [0.2, 0.25) is 0 Å². The normalized spacial score (nSPS) is 16.6. The minimum absolute atomic E-state index is 0.0252. The van der Waals surface area contributed by atoms with Crippen LogP contribution in [-0.4, -0.2) is 30.2 Å². The lowest BCUT2D eigenvalue weighted by atomic mass is 10.0. The molecule has 0 aromatic heterocycles. The van der Waals surface area contributed by atoms with Crippen LogP contribution in [0, 0.1) is 5.41 Å². The van der Waals surface area contributed by atoms with Crippen molar-refractivity contribution in [3.05, 3.63) is 23.8 Å². The van der Waals surface area contributed by atoms with Crippen LogP contribution in [0.25, 0.3) is 0 Å². The van der Waals surface area contributed by atoms with E-state index in [0.29, 0.717) is 24.3 Å². The number of benzene rings is 1.